The van der Waals surface area contributed by atoms with Crippen molar-refractivity contribution in [3.63, 3.8) is 0 Å². The highest BCUT2D eigenvalue weighted by Gasteiger charge is 2.22. The van der Waals surface area contributed by atoms with Gasteiger partial charge in [-0.15, -0.1) is 0 Å². The third-order valence-electron chi connectivity index (χ3n) is 5.01. The molecule has 0 radical (unpaired) electrons. The minimum Gasteiger partial charge on any atom is -0.382 e. The van der Waals surface area contributed by atoms with Crippen LogP contribution in [0.3, 0.4) is 0 Å². The van der Waals surface area contributed by atoms with Crippen molar-refractivity contribution >= 4 is 28.4 Å². The quantitative estimate of drug-likeness (QED) is 0.214. The first-order valence-corrected chi connectivity index (χ1v) is 11.2. The van der Waals surface area contributed by atoms with Gasteiger partial charge in [0.15, 0.2) is 10.9 Å². The van der Waals surface area contributed by atoms with Crippen molar-refractivity contribution in [3.05, 3.63) is 69.5 Å². The van der Waals surface area contributed by atoms with E-state index in [9.17, 15) is 9.59 Å². The van der Waals surface area contributed by atoms with Crippen LogP contribution in [-0.2, 0) is 11.3 Å². The molecule has 3 rings (SSSR count). The second-order valence-electron chi connectivity index (χ2n) is 7.36. The molecule has 30 heavy (non-hydrogen) atoms. The number of carbonyl (C=O) groups is 1. The molecule has 0 aliphatic carbocycles. The first kappa shape index (κ1) is 22.2. The summed E-state index contributed by atoms with van der Waals surface area (Å²) in [5, 5.41) is 0.796. The Balaban J connectivity index is 1.94. The van der Waals surface area contributed by atoms with Crippen LogP contribution in [0, 0.1) is 13.8 Å². The van der Waals surface area contributed by atoms with Crippen LogP contribution in [0.1, 0.15) is 41.8 Å². The van der Waals surface area contributed by atoms with Gasteiger partial charge in [0.2, 0.25) is 0 Å². The van der Waals surface area contributed by atoms with E-state index in [1.165, 1.54) is 11.8 Å². The zero-order valence-corrected chi connectivity index (χ0v) is 18.8. The normalized spacial score (nSPS) is 12.3. The number of para-hydroxylation sites is 1. The summed E-state index contributed by atoms with van der Waals surface area (Å²) in [7, 11) is 0. The fraction of sp³-hybridized carbons (Fsp3) is 0.375. The van der Waals surface area contributed by atoms with E-state index in [1.807, 2.05) is 64.1 Å². The van der Waals surface area contributed by atoms with Gasteiger partial charge in [0.25, 0.3) is 5.56 Å². The van der Waals surface area contributed by atoms with Crippen LogP contribution in [0.15, 0.2) is 52.4 Å². The lowest BCUT2D eigenvalue weighted by Crippen LogP contribution is -2.26. The zero-order chi connectivity index (χ0) is 21.7. The van der Waals surface area contributed by atoms with Gasteiger partial charge in [0.1, 0.15) is 0 Å². The van der Waals surface area contributed by atoms with Crippen molar-refractivity contribution < 1.29 is 9.53 Å². The molecule has 0 saturated carbocycles. The van der Waals surface area contributed by atoms with Gasteiger partial charge >= 0.3 is 0 Å². The Hall–Kier alpha value is -2.44. The van der Waals surface area contributed by atoms with Gasteiger partial charge < -0.3 is 4.74 Å². The van der Waals surface area contributed by atoms with Crippen molar-refractivity contribution in [1.29, 1.82) is 0 Å². The SMILES string of the molecule is CCOCCCn1c(S[C@@H](C)C(=O)c2cc(C)ccc2C)nc2ccccc2c1=O. The van der Waals surface area contributed by atoms with Crippen LogP contribution in [-0.4, -0.2) is 33.8 Å². The minimum absolute atomic E-state index is 0.0458. The lowest BCUT2D eigenvalue weighted by molar-refractivity contribution is 0.0993. The number of nitrogens with zero attached hydrogens (tertiary/aromatic N) is 2. The number of thioether (sulfide) groups is 1. The maximum absolute atomic E-state index is 13.1. The number of ketones is 1. The molecular weight excluding hydrogens is 396 g/mol. The lowest BCUT2D eigenvalue weighted by Gasteiger charge is -2.17. The largest absolute Gasteiger partial charge is 0.382 e. The van der Waals surface area contributed by atoms with E-state index >= 15 is 0 Å². The van der Waals surface area contributed by atoms with Crippen LogP contribution in [0.2, 0.25) is 0 Å². The summed E-state index contributed by atoms with van der Waals surface area (Å²) in [6, 6.07) is 13.2. The summed E-state index contributed by atoms with van der Waals surface area (Å²) < 4.78 is 7.11. The molecule has 6 heteroatoms. The molecule has 3 aromatic rings. The number of fused-ring (bicyclic) bond motifs is 1. The highest BCUT2D eigenvalue weighted by molar-refractivity contribution is 8.00. The highest BCUT2D eigenvalue weighted by Crippen LogP contribution is 2.26. The number of benzene rings is 2. The average Bonchev–Trinajstić information content (AvgIpc) is 2.74. The van der Waals surface area contributed by atoms with Gasteiger partial charge in [0, 0.05) is 25.3 Å². The van der Waals surface area contributed by atoms with E-state index in [0.717, 1.165) is 16.7 Å². The van der Waals surface area contributed by atoms with Crippen LogP contribution >= 0.6 is 11.8 Å². The first-order chi connectivity index (χ1) is 14.4. The summed E-state index contributed by atoms with van der Waals surface area (Å²) in [4.78, 5) is 31.0. The van der Waals surface area contributed by atoms with Crippen LogP contribution in [0.4, 0.5) is 0 Å². The molecule has 2 aromatic carbocycles. The van der Waals surface area contributed by atoms with Gasteiger partial charge in [0.05, 0.1) is 16.2 Å². The Morgan fingerprint density at radius 1 is 1.20 bits per heavy atom. The van der Waals surface area contributed by atoms with Crippen molar-refractivity contribution in [2.75, 3.05) is 13.2 Å². The maximum Gasteiger partial charge on any atom is 0.262 e. The summed E-state index contributed by atoms with van der Waals surface area (Å²) in [6.45, 7) is 9.48. The number of hydrogen-bond donors (Lipinski definition) is 0. The molecule has 0 N–H and O–H groups in total. The molecule has 158 valence electrons. The molecular formula is C24H28N2O3S. The molecule has 0 fully saturated rings. The number of carbonyl (C=O) groups excluding carboxylic acids is 1. The second kappa shape index (κ2) is 10.0. The number of hydrogen-bond acceptors (Lipinski definition) is 5. The van der Waals surface area contributed by atoms with E-state index in [2.05, 4.69) is 0 Å². The van der Waals surface area contributed by atoms with Crippen LogP contribution < -0.4 is 5.56 Å². The lowest BCUT2D eigenvalue weighted by atomic mass is 10.0. The Morgan fingerprint density at radius 2 is 1.97 bits per heavy atom. The Labute approximate surface area is 181 Å². The van der Waals surface area contributed by atoms with Gasteiger partial charge in [-0.2, -0.15) is 0 Å². The monoisotopic (exact) mass is 424 g/mol. The third-order valence-corrected chi connectivity index (χ3v) is 6.10. The molecule has 0 amide bonds. The predicted octanol–water partition coefficient (Wildman–Crippen LogP) is 4.80. The highest BCUT2D eigenvalue weighted by atomic mass is 32.2. The number of aromatic nitrogens is 2. The van der Waals surface area contributed by atoms with Gasteiger partial charge in [-0.1, -0.05) is 41.6 Å². The Bertz CT molecular complexity index is 1110. The average molecular weight is 425 g/mol. The minimum atomic E-state index is -0.364. The number of rotatable bonds is 9. The predicted molar refractivity (Wildman–Crippen MR) is 123 cm³/mol. The zero-order valence-electron chi connectivity index (χ0n) is 18.0. The summed E-state index contributed by atoms with van der Waals surface area (Å²) in [5.41, 5.74) is 3.31. The van der Waals surface area contributed by atoms with E-state index in [1.54, 1.807) is 10.6 Å². The van der Waals surface area contributed by atoms with Crippen molar-refractivity contribution in [2.45, 2.75) is 51.1 Å². The standard InChI is InChI=1S/C24H28N2O3S/c1-5-29-14-8-13-26-23(28)19-9-6-7-10-21(19)25-24(26)30-18(4)22(27)20-15-16(2)11-12-17(20)3/h6-7,9-12,15,18H,5,8,13-14H2,1-4H3/t18-/m0/s1. The fourth-order valence-electron chi connectivity index (χ4n) is 3.34. The molecule has 1 heterocycles. The summed E-state index contributed by atoms with van der Waals surface area (Å²) in [6.07, 6.45) is 0.709. The Morgan fingerprint density at radius 3 is 2.73 bits per heavy atom. The van der Waals surface area contributed by atoms with Crippen LogP contribution in [0.25, 0.3) is 10.9 Å². The first-order valence-electron chi connectivity index (χ1n) is 10.3. The maximum atomic E-state index is 13.1. The molecule has 0 spiro atoms. The summed E-state index contributed by atoms with van der Waals surface area (Å²) >= 11 is 1.34. The van der Waals surface area contributed by atoms with E-state index in [4.69, 9.17) is 9.72 Å². The van der Waals surface area contributed by atoms with Crippen LogP contribution in [0.5, 0.6) is 0 Å². The molecule has 1 aromatic heterocycles. The van der Waals surface area contributed by atoms with Gasteiger partial charge in [-0.25, -0.2) is 4.98 Å². The smallest absolute Gasteiger partial charge is 0.262 e. The molecule has 0 bridgehead atoms. The summed E-state index contributed by atoms with van der Waals surface area (Å²) in [5.74, 6) is 0.0458. The molecule has 0 aliphatic rings. The molecule has 0 aliphatic heterocycles. The molecule has 0 saturated heterocycles. The van der Waals surface area contributed by atoms with Gasteiger partial charge in [-0.3, -0.25) is 14.2 Å². The van der Waals surface area contributed by atoms with E-state index < -0.39 is 0 Å². The van der Waals surface area contributed by atoms with Gasteiger partial charge in [-0.05, 0) is 57.9 Å². The van der Waals surface area contributed by atoms with Crippen molar-refractivity contribution in [1.82, 2.24) is 9.55 Å². The van der Waals surface area contributed by atoms with E-state index in [0.29, 0.717) is 42.2 Å². The van der Waals surface area contributed by atoms with Crippen molar-refractivity contribution in [2.24, 2.45) is 0 Å². The molecule has 1 atom stereocenters. The topological polar surface area (TPSA) is 61.2 Å². The van der Waals surface area contributed by atoms with Crippen molar-refractivity contribution in [3.8, 4) is 0 Å². The Kier molecular flexibility index (Phi) is 7.45. The fourth-order valence-corrected chi connectivity index (χ4v) is 4.34. The second-order valence-corrected chi connectivity index (χ2v) is 8.67. The molecule has 5 nitrogen and oxygen atoms in total. The number of aryl methyl sites for hydroxylation is 2. The number of Topliss-reactive ketones (excluding diaryl/α,β-unsaturated/α-hetero) is 1. The third kappa shape index (κ3) is 4.99. The molecule has 0 unspecified atom stereocenters. The number of ether oxygens (including phenoxy) is 1. The van der Waals surface area contributed by atoms with E-state index in [-0.39, 0.29) is 16.6 Å².